The van der Waals surface area contributed by atoms with Crippen LogP contribution in [-0.2, 0) is 0 Å². The summed E-state index contributed by atoms with van der Waals surface area (Å²) < 4.78 is 12.0. The van der Waals surface area contributed by atoms with Crippen molar-refractivity contribution in [2.75, 3.05) is 123 Å². The van der Waals surface area contributed by atoms with E-state index >= 15 is 0 Å². The molecule has 0 amide bonds. The number of benzene rings is 1. The number of anilines is 2. The number of rotatable bonds is 12. The van der Waals surface area contributed by atoms with Gasteiger partial charge in [0.2, 0.25) is 5.95 Å². The van der Waals surface area contributed by atoms with Crippen LogP contribution in [0.25, 0.3) is 10.9 Å². The van der Waals surface area contributed by atoms with Crippen LogP contribution < -0.4 is 19.7 Å². The summed E-state index contributed by atoms with van der Waals surface area (Å²) >= 11 is 0. The van der Waals surface area contributed by atoms with Crippen LogP contribution in [0.1, 0.15) is 25.7 Å². The molecule has 0 unspecified atom stereocenters. The van der Waals surface area contributed by atoms with E-state index in [1.54, 1.807) is 7.11 Å². The lowest BCUT2D eigenvalue weighted by atomic mass is 10.2. The van der Waals surface area contributed by atoms with E-state index in [-0.39, 0.29) is 0 Å². The van der Waals surface area contributed by atoms with E-state index in [0.717, 1.165) is 113 Å². The molecule has 0 spiro atoms. The van der Waals surface area contributed by atoms with E-state index in [2.05, 4.69) is 50.0 Å². The first kappa shape index (κ1) is 28.1. The first-order valence-electron chi connectivity index (χ1n) is 14.9. The van der Waals surface area contributed by atoms with E-state index in [1.165, 1.54) is 25.9 Å². The highest BCUT2D eigenvalue weighted by Crippen LogP contribution is 2.36. The van der Waals surface area contributed by atoms with Gasteiger partial charge >= 0.3 is 0 Å². The van der Waals surface area contributed by atoms with Crippen molar-refractivity contribution in [1.82, 2.24) is 29.6 Å². The summed E-state index contributed by atoms with van der Waals surface area (Å²) in [6.45, 7) is 14.7. The number of likely N-dealkylation sites (N-methyl/N-ethyl adjacent to an activating group) is 2. The van der Waals surface area contributed by atoms with Crippen LogP contribution in [0.3, 0.4) is 0 Å². The minimum atomic E-state index is 0.673. The van der Waals surface area contributed by atoms with Crippen LogP contribution in [0.5, 0.6) is 11.5 Å². The largest absolute Gasteiger partial charge is 0.493 e. The molecule has 10 nitrogen and oxygen atoms in total. The molecule has 0 atom stereocenters. The van der Waals surface area contributed by atoms with E-state index in [1.807, 2.05) is 6.07 Å². The van der Waals surface area contributed by atoms with Crippen molar-refractivity contribution in [2.24, 2.45) is 0 Å². The molecular formula is C29H48N8O2. The number of likely N-dealkylation sites (tertiary alicyclic amines) is 1. The Morgan fingerprint density at radius 1 is 0.769 bits per heavy atom. The molecule has 0 saturated carbocycles. The molecular weight excluding hydrogens is 492 g/mol. The van der Waals surface area contributed by atoms with Gasteiger partial charge in [0.25, 0.3) is 0 Å². The highest BCUT2D eigenvalue weighted by Gasteiger charge is 2.21. The Labute approximate surface area is 234 Å². The smallest absolute Gasteiger partial charge is 0.225 e. The Morgan fingerprint density at radius 2 is 1.44 bits per heavy atom. The molecule has 3 aliphatic heterocycles. The topological polar surface area (TPSA) is 72.5 Å². The Bertz CT molecular complexity index is 1050. The van der Waals surface area contributed by atoms with Crippen molar-refractivity contribution in [1.29, 1.82) is 0 Å². The molecule has 3 aliphatic rings. The van der Waals surface area contributed by atoms with E-state index in [4.69, 9.17) is 19.4 Å². The Morgan fingerprint density at radius 3 is 2.15 bits per heavy atom. The van der Waals surface area contributed by atoms with Gasteiger partial charge in [-0.3, -0.25) is 0 Å². The van der Waals surface area contributed by atoms with Gasteiger partial charge in [-0.1, -0.05) is 0 Å². The second-order valence-electron chi connectivity index (χ2n) is 11.4. The third kappa shape index (κ3) is 7.63. The monoisotopic (exact) mass is 540 g/mol. The Hall–Kier alpha value is -2.40. The number of hydrogen-bond donors (Lipinski definition) is 1. The average Bonchev–Trinajstić information content (AvgIpc) is 3.48. The van der Waals surface area contributed by atoms with Gasteiger partial charge < -0.3 is 39.3 Å². The zero-order valence-corrected chi connectivity index (χ0v) is 24.3. The molecule has 3 saturated heterocycles. The van der Waals surface area contributed by atoms with Crippen molar-refractivity contribution >= 4 is 22.7 Å². The Kier molecular flexibility index (Phi) is 9.95. The van der Waals surface area contributed by atoms with Crippen LogP contribution in [0.2, 0.25) is 0 Å². The first-order valence-corrected chi connectivity index (χ1v) is 14.9. The number of aromatic nitrogens is 2. The number of fused-ring (bicyclic) bond motifs is 1. The summed E-state index contributed by atoms with van der Waals surface area (Å²) in [6, 6.07) is 4.11. The van der Waals surface area contributed by atoms with Crippen molar-refractivity contribution in [2.45, 2.75) is 25.7 Å². The minimum absolute atomic E-state index is 0.673. The van der Waals surface area contributed by atoms with Gasteiger partial charge in [0, 0.05) is 76.9 Å². The molecule has 216 valence electrons. The summed E-state index contributed by atoms with van der Waals surface area (Å²) in [7, 11) is 6.10. The summed E-state index contributed by atoms with van der Waals surface area (Å²) in [6.07, 6.45) is 4.72. The predicted octanol–water partition coefficient (Wildman–Crippen LogP) is 2.30. The molecule has 1 N–H and O–H groups in total. The quantitative estimate of drug-likeness (QED) is 0.406. The fourth-order valence-electron chi connectivity index (χ4n) is 5.78. The van der Waals surface area contributed by atoms with Crippen molar-refractivity contribution < 1.29 is 9.47 Å². The predicted molar refractivity (Wildman–Crippen MR) is 159 cm³/mol. The Balaban J connectivity index is 1.29. The van der Waals surface area contributed by atoms with Gasteiger partial charge in [-0.2, -0.15) is 4.98 Å². The van der Waals surface area contributed by atoms with Crippen molar-refractivity contribution in [3.63, 3.8) is 0 Å². The standard InChI is InChI=1S/C29H48N8O2/c1-33-13-17-36(18-14-33)11-6-8-30-29-31-25-23-27(39-21-7-12-35-9-4-5-10-35)26(38-3)22-24(25)28(32-29)37-19-15-34(2)16-20-37/h22-23H,4-21H2,1-3H3,(H,30,31,32). The molecule has 5 rings (SSSR count). The SMILES string of the molecule is COc1cc2c(N3CCN(C)CC3)nc(NCCCN3CCN(C)CC3)nc2cc1OCCCN1CCCC1. The summed E-state index contributed by atoms with van der Waals surface area (Å²) in [5.74, 6) is 3.18. The molecule has 0 radical (unpaired) electrons. The fourth-order valence-corrected chi connectivity index (χ4v) is 5.78. The fraction of sp³-hybridized carbons (Fsp3) is 0.724. The molecule has 0 aliphatic carbocycles. The van der Waals surface area contributed by atoms with Gasteiger partial charge in [-0.05, 0) is 65.5 Å². The molecule has 0 bridgehead atoms. The van der Waals surface area contributed by atoms with Crippen LogP contribution in [0.4, 0.5) is 11.8 Å². The number of nitrogens with one attached hydrogen (secondary N) is 1. The zero-order valence-electron chi connectivity index (χ0n) is 24.3. The highest BCUT2D eigenvalue weighted by molar-refractivity contribution is 5.93. The number of methoxy groups -OCH3 is 1. The van der Waals surface area contributed by atoms with Gasteiger partial charge in [0.05, 0.1) is 19.2 Å². The van der Waals surface area contributed by atoms with Crippen LogP contribution in [0, 0.1) is 0 Å². The third-order valence-corrected chi connectivity index (χ3v) is 8.37. The number of nitrogens with zero attached hydrogens (tertiary/aromatic N) is 7. The maximum Gasteiger partial charge on any atom is 0.225 e. The second kappa shape index (κ2) is 13.8. The minimum Gasteiger partial charge on any atom is -0.493 e. The van der Waals surface area contributed by atoms with Gasteiger partial charge in [-0.15, -0.1) is 0 Å². The molecule has 1 aromatic heterocycles. The van der Waals surface area contributed by atoms with Gasteiger partial charge in [-0.25, -0.2) is 4.98 Å². The molecule has 10 heteroatoms. The highest BCUT2D eigenvalue weighted by atomic mass is 16.5. The van der Waals surface area contributed by atoms with Crippen LogP contribution in [-0.4, -0.2) is 142 Å². The zero-order chi connectivity index (χ0) is 27.0. The van der Waals surface area contributed by atoms with Crippen LogP contribution >= 0.6 is 0 Å². The summed E-state index contributed by atoms with van der Waals surface area (Å²) in [4.78, 5) is 22.2. The number of hydrogen-bond acceptors (Lipinski definition) is 10. The summed E-state index contributed by atoms with van der Waals surface area (Å²) in [5.41, 5.74) is 0.899. The van der Waals surface area contributed by atoms with Crippen molar-refractivity contribution in [3.8, 4) is 11.5 Å². The number of ether oxygens (including phenoxy) is 2. The first-order chi connectivity index (χ1) is 19.1. The maximum atomic E-state index is 6.25. The third-order valence-electron chi connectivity index (χ3n) is 8.37. The normalized spacial score (nSPS) is 20.1. The lowest BCUT2D eigenvalue weighted by molar-refractivity contribution is 0.154. The molecule has 3 fully saturated rings. The van der Waals surface area contributed by atoms with E-state index < -0.39 is 0 Å². The second-order valence-corrected chi connectivity index (χ2v) is 11.4. The molecule has 39 heavy (non-hydrogen) atoms. The lowest BCUT2D eigenvalue weighted by Crippen LogP contribution is -2.45. The lowest BCUT2D eigenvalue weighted by Gasteiger charge is -2.34. The average molecular weight is 541 g/mol. The molecule has 2 aromatic rings. The molecule has 1 aromatic carbocycles. The summed E-state index contributed by atoms with van der Waals surface area (Å²) in [5, 5.41) is 4.55. The molecule has 4 heterocycles. The van der Waals surface area contributed by atoms with Gasteiger partial charge in [0.1, 0.15) is 5.82 Å². The maximum absolute atomic E-state index is 6.25. The van der Waals surface area contributed by atoms with E-state index in [9.17, 15) is 0 Å². The van der Waals surface area contributed by atoms with Crippen molar-refractivity contribution in [3.05, 3.63) is 12.1 Å². The van der Waals surface area contributed by atoms with Gasteiger partial charge in [0.15, 0.2) is 11.5 Å². The number of piperazine rings is 2. The van der Waals surface area contributed by atoms with Crippen LogP contribution in [0.15, 0.2) is 12.1 Å². The van der Waals surface area contributed by atoms with E-state index in [0.29, 0.717) is 12.6 Å².